The number of ether oxygens (including phenoxy) is 2. The summed E-state index contributed by atoms with van der Waals surface area (Å²) in [5, 5.41) is 2.88. The number of carbonyl (C=O) groups excluding carboxylic acids is 1. The Morgan fingerprint density at radius 3 is 2.64 bits per heavy atom. The maximum Gasteiger partial charge on any atom is 0.230 e. The summed E-state index contributed by atoms with van der Waals surface area (Å²) in [6.45, 7) is 0.459. The van der Waals surface area contributed by atoms with Gasteiger partial charge < -0.3 is 14.8 Å². The molecule has 1 heterocycles. The van der Waals surface area contributed by atoms with Crippen molar-refractivity contribution in [3.63, 3.8) is 0 Å². The number of thioether (sulfide) groups is 1. The lowest BCUT2D eigenvalue weighted by Gasteiger charge is -2.07. The molecular formula is C16H18N2O3S. The van der Waals surface area contributed by atoms with Gasteiger partial charge in [-0.1, -0.05) is 0 Å². The number of nitrogens with zero attached hydrogens (tertiary/aromatic N) is 1. The van der Waals surface area contributed by atoms with Crippen molar-refractivity contribution in [3.8, 4) is 11.6 Å². The molecule has 0 unspecified atom stereocenters. The molecule has 0 saturated carbocycles. The van der Waals surface area contributed by atoms with Gasteiger partial charge in [-0.25, -0.2) is 4.98 Å². The summed E-state index contributed by atoms with van der Waals surface area (Å²) in [4.78, 5) is 16.9. The van der Waals surface area contributed by atoms with Crippen LogP contribution in [0.3, 0.4) is 0 Å². The fraction of sp³-hybridized carbons (Fsp3) is 0.250. The van der Waals surface area contributed by atoms with E-state index in [-0.39, 0.29) is 5.91 Å². The minimum absolute atomic E-state index is 0.0170. The molecule has 0 aliphatic carbocycles. The van der Waals surface area contributed by atoms with E-state index in [1.807, 2.05) is 30.3 Å². The van der Waals surface area contributed by atoms with Crippen molar-refractivity contribution >= 4 is 17.7 Å². The van der Waals surface area contributed by atoms with Crippen LogP contribution in [-0.2, 0) is 11.3 Å². The highest BCUT2D eigenvalue weighted by Crippen LogP contribution is 2.21. The first-order chi connectivity index (χ1) is 10.7. The molecule has 0 bridgehead atoms. The van der Waals surface area contributed by atoms with Crippen molar-refractivity contribution in [2.75, 3.05) is 20.0 Å². The van der Waals surface area contributed by atoms with Gasteiger partial charge in [0.25, 0.3) is 0 Å². The summed E-state index contributed by atoms with van der Waals surface area (Å²) in [5.74, 6) is 1.70. The van der Waals surface area contributed by atoms with E-state index in [4.69, 9.17) is 9.47 Å². The van der Waals surface area contributed by atoms with Crippen LogP contribution in [0, 0.1) is 0 Å². The highest BCUT2D eigenvalue weighted by Gasteiger charge is 2.04. The van der Waals surface area contributed by atoms with Crippen LogP contribution >= 0.6 is 11.8 Å². The second-order valence-electron chi connectivity index (χ2n) is 4.45. The zero-order valence-corrected chi connectivity index (χ0v) is 13.4. The number of hydrogen-bond acceptors (Lipinski definition) is 5. The molecule has 22 heavy (non-hydrogen) atoms. The molecule has 5 nitrogen and oxygen atoms in total. The first kappa shape index (κ1) is 16.2. The van der Waals surface area contributed by atoms with Gasteiger partial charge in [0.1, 0.15) is 5.75 Å². The third kappa shape index (κ3) is 4.96. The predicted octanol–water partition coefficient (Wildman–Crippen LogP) is 2.51. The van der Waals surface area contributed by atoms with Crippen molar-refractivity contribution in [1.29, 1.82) is 0 Å². The molecule has 0 atom stereocenters. The van der Waals surface area contributed by atoms with E-state index in [1.54, 1.807) is 26.5 Å². The second kappa shape index (κ2) is 8.29. The number of pyridine rings is 1. The van der Waals surface area contributed by atoms with Gasteiger partial charge in [-0.3, -0.25) is 4.79 Å². The molecule has 2 rings (SSSR count). The Morgan fingerprint density at radius 2 is 1.95 bits per heavy atom. The second-order valence-corrected chi connectivity index (χ2v) is 5.50. The van der Waals surface area contributed by atoms with Crippen LogP contribution in [0.1, 0.15) is 5.56 Å². The summed E-state index contributed by atoms with van der Waals surface area (Å²) in [7, 11) is 3.19. The van der Waals surface area contributed by atoms with Crippen molar-refractivity contribution < 1.29 is 14.3 Å². The average Bonchev–Trinajstić information content (AvgIpc) is 2.58. The summed E-state index contributed by atoms with van der Waals surface area (Å²) >= 11 is 1.49. The molecule has 1 aromatic carbocycles. The Morgan fingerprint density at radius 1 is 1.18 bits per heavy atom. The molecule has 0 fully saturated rings. The van der Waals surface area contributed by atoms with Crippen LogP contribution in [0.25, 0.3) is 0 Å². The number of amides is 1. The number of carbonyl (C=O) groups is 1. The fourth-order valence-electron chi connectivity index (χ4n) is 1.74. The maximum absolute atomic E-state index is 11.9. The third-order valence-electron chi connectivity index (χ3n) is 2.93. The molecule has 1 aromatic heterocycles. The lowest BCUT2D eigenvalue weighted by atomic mass is 10.2. The topological polar surface area (TPSA) is 60.5 Å². The van der Waals surface area contributed by atoms with E-state index in [1.165, 1.54) is 11.8 Å². The van der Waals surface area contributed by atoms with Crippen LogP contribution in [-0.4, -0.2) is 30.9 Å². The lowest BCUT2D eigenvalue weighted by Crippen LogP contribution is -2.24. The molecular weight excluding hydrogens is 300 g/mol. The Hall–Kier alpha value is -2.21. The Balaban J connectivity index is 1.77. The fourth-order valence-corrected chi connectivity index (χ4v) is 2.47. The molecule has 0 spiro atoms. The molecule has 0 aliphatic heterocycles. The van der Waals surface area contributed by atoms with Crippen molar-refractivity contribution in [2.45, 2.75) is 11.4 Å². The number of hydrogen-bond donors (Lipinski definition) is 1. The van der Waals surface area contributed by atoms with E-state index in [9.17, 15) is 4.79 Å². The maximum atomic E-state index is 11.9. The number of aromatic nitrogens is 1. The van der Waals surface area contributed by atoms with Gasteiger partial charge in [0.2, 0.25) is 11.8 Å². The van der Waals surface area contributed by atoms with Gasteiger partial charge in [-0.05, 0) is 35.9 Å². The minimum atomic E-state index is -0.0170. The number of rotatable bonds is 7. The van der Waals surface area contributed by atoms with E-state index in [0.717, 1.165) is 16.2 Å². The molecule has 0 aliphatic rings. The van der Waals surface area contributed by atoms with Crippen LogP contribution in [0.4, 0.5) is 0 Å². The van der Waals surface area contributed by atoms with Crippen LogP contribution in [0.5, 0.6) is 11.6 Å². The van der Waals surface area contributed by atoms with Gasteiger partial charge in [0.15, 0.2) is 0 Å². The highest BCUT2D eigenvalue weighted by molar-refractivity contribution is 8.00. The van der Waals surface area contributed by atoms with Crippen molar-refractivity contribution in [1.82, 2.24) is 10.3 Å². The van der Waals surface area contributed by atoms with Gasteiger partial charge in [-0.2, -0.15) is 0 Å². The zero-order valence-electron chi connectivity index (χ0n) is 12.5. The summed E-state index contributed by atoms with van der Waals surface area (Å²) in [6, 6.07) is 11.3. The van der Waals surface area contributed by atoms with E-state index >= 15 is 0 Å². The largest absolute Gasteiger partial charge is 0.497 e. The van der Waals surface area contributed by atoms with Crippen molar-refractivity contribution in [3.05, 3.63) is 48.2 Å². The summed E-state index contributed by atoms with van der Waals surface area (Å²) < 4.78 is 10.1. The van der Waals surface area contributed by atoms with Crippen LogP contribution < -0.4 is 14.8 Å². The zero-order chi connectivity index (χ0) is 15.8. The molecule has 0 radical (unpaired) electrons. The van der Waals surface area contributed by atoms with Gasteiger partial charge in [0.05, 0.1) is 20.0 Å². The Labute approximate surface area is 134 Å². The Kier molecular flexibility index (Phi) is 6.09. The van der Waals surface area contributed by atoms with Crippen molar-refractivity contribution in [2.24, 2.45) is 0 Å². The first-order valence-electron chi connectivity index (χ1n) is 6.73. The van der Waals surface area contributed by atoms with Crippen LogP contribution in [0.15, 0.2) is 47.5 Å². The molecule has 1 amide bonds. The SMILES string of the molecule is COc1ccc(SCC(=O)NCc2ccnc(OC)c2)cc1. The number of methoxy groups -OCH3 is 2. The smallest absolute Gasteiger partial charge is 0.230 e. The molecule has 2 aromatic rings. The quantitative estimate of drug-likeness (QED) is 0.795. The number of nitrogens with one attached hydrogen (secondary N) is 1. The lowest BCUT2D eigenvalue weighted by molar-refractivity contribution is -0.118. The number of benzene rings is 1. The van der Waals surface area contributed by atoms with Gasteiger partial charge in [0, 0.05) is 23.7 Å². The average molecular weight is 318 g/mol. The molecule has 116 valence electrons. The predicted molar refractivity (Wildman–Crippen MR) is 86.4 cm³/mol. The van der Waals surface area contributed by atoms with Crippen LogP contribution in [0.2, 0.25) is 0 Å². The minimum Gasteiger partial charge on any atom is -0.497 e. The summed E-state index contributed by atoms with van der Waals surface area (Å²) in [6.07, 6.45) is 1.66. The molecule has 1 N–H and O–H groups in total. The van der Waals surface area contributed by atoms with Gasteiger partial charge >= 0.3 is 0 Å². The van der Waals surface area contributed by atoms with E-state index in [2.05, 4.69) is 10.3 Å². The standard InChI is InChI=1S/C16H18N2O3S/c1-20-13-3-5-14(6-4-13)22-11-15(19)18-10-12-7-8-17-16(9-12)21-2/h3-9H,10-11H2,1-2H3,(H,18,19). The monoisotopic (exact) mass is 318 g/mol. The Bertz CT molecular complexity index is 617. The molecule has 0 saturated heterocycles. The normalized spacial score (nSPS) is 10.1. The third-order valence-corrected chi connectivity index (χ3v) is 3.94. The van der Waals surface area contributed by atoms with E-state index < -0.39 is 0 Å². The van der Waals surface area contributed by atoms with Gasteiger partial charge in [-0.15, -0.1) is 11.8 Å². The highest BCUT2D eigenvalue weighted by atomic mass is 32.2. The van der Waals surface area contributed by atoms with E-state index in [0.29, 0.717) is 18.2 Å². The first-order valence-corrected chi connectivity index (χ1v) is 7.72. The summed E-state index contributed by atoms with van der Waals surface area (Å²) in [5.41, 5.74) is 0.953. The molecule has 6 heteroatoms.